The quantitative estimate of drug-likeness (QED) is 0.556. The number of carbonyl (C=O) groups is 1. The van der Waals surface area contributed by atoms with Crippen molar-refractivity contribution in [1.82, 2.24) is 24.7 Å². The van der Waals surface area contributed by atoms with E-state index in [4.69, 9.17) is 4.52 Å². The monoisotopic (exact) mass is 374 g/mol. The number of imidazole rings is 1. The highest BCUT2D eigenvalue weighted by atomic mass is 16.5. The molecule has 0 aliphatic rings. The van der Waals surface area contributed by atoms with Crippen molar-refractivity contribution in [2.75, 3.05) is 5.32 Å². The molecule has 0 spiro atoms. The normalized spacial score (nSPS) is 10.8. The zero-order chi connectivity index (χ0) is 19.3. The second-order valence-electron chi connectivity index (χ2n) is 6.19. The van der Waals surface area contributed by atoms with Gasteiger partial charge in [-0.25, -0.2) is 4.98 Å². The molecule has 0 aliphatic carbocycles. The molecule has 1 N–H and O–H groups in total. The summed E-state index contributed by atoms with van der Waals surface area (Å²) in [5, 5.41) is 6.83. The minimum Gasteiger partial charge on any atom is -0.334 e. The van der Waals surface area contributed by atoms with Crippen molar-refractivity contribution in [3.05, 3.63) is 66.9 Å². The number of aromatic nitrogens is 5. The van der Waals surface area contributed by atoms with Gasteiger partial charge in [0.1, 0.15) is 12.2 Å². The van der Waals surface area contributed by atoms with Crippen LogP contribution in [-0.2, 0) is 17.8 Å². The molecule has 4 aromatic rings. The summed E-state index contributed by atoms with van der Waals surface area (Å²) in [4.78, 5) is 24.8. The number of aryl methyl sites for hydroxylation is 1. The van der Waals surface area contributed by atoms with Crippen molar-refractivity contribution in [3.8, 4) is 23.0 Å². The first-order valence-electron chi connectivity index (χ1n) is 8.86. The number of amides is 1. The topological polar surface area (TPSA) is 98.7 Å². The van der Waals surface area contributed by atoms with Gasteiger partial charge in [-0.1, -0.05) is 24.2 Å². The minimum atomic E-state index is -0.140. The molecule has 0 aliphatic heterocycles. The zero-order valence-corrected chi connectivity index (χ0v) is 15.2. The van der Waals surface area contributed by atoms with Crippen LogP contribution in [0.5, 0.6) is 0 Å². The van der Waals surface area contributed by atoms with Crippen molar-refractivity contribution in [2.45, 2.75) is 19.9 Å². The molecule has 4 rings (SSSR count). The number of hydrogen-bond acceptors (Lipinski definition) is 6. The molecule has 0 radical (unpaired) electrons. The molecule has 8 heteroatoms. The van der Waals surface area contributed by atoms with Gasteiger partial charge in [0.15, 0.2) is 0 Å². The highest BCUT2D eigenvalue weighted by Crippen LogP contribution is 2.20. The third-order valence-corrected chi connectivity index (χ3v) is 4.19. The maximum absolute atomic E-state index is 12.3. The average Bonchev–Trinajstić information content (AvgIpc) is 3.39. The van der Waals surface area contributed by atoms with Crippen molar-refractivity contribution in [1.29, 1.82) is 0 Å². The van der Waals surface area contributed by atoms with Crippen LogP contribution in [0.25, 0.3) is 23.0 Å². The van der Waals surface area contributed by atoms with Gasteiger partial charge >= 0.3 is 0 Å². The van der Waals surface area contributed by atoms with Crippen LogP contribution in [0.3, 0.4) is 0 Å². The van der Waals surface area contributed by atoms with Gasteiger partial charge in [-0.15, -0.1) is 0 Å². The number of pyridine rings is 1. The first-order chi connectivity index (χ1) is 13.7. The van der Waals surface area contributed by atoms with Crippen LogP contribution < -0.4 is 5.32 Å². The molecule has 0 unspecified atom stereocenters. The largest absolute Gasteiger partial charge is 0.334 e. The van der Waals surface area contributed by atoms with E-state index in [1.54, 1.807) is 41.6 Å². The van der Waals surface area contributed by atoms with Crippen LogP contribution in [0, 0.1) is 0 Å². The molecule has 0 bridgehead atoms. The Morgan fingerprint density at radius 1 is 1.14 bits per heavy atom. The molecule has 1 amide bonds. The molecule has 140 valence electrons. The second kappa shape index (κ2) is 7.83. The maximum atomic E-state index is 12.3. The third-order valence-electron chi connectivity index (χ3n) is 4.19. The summed E-state index contributed by atoms with van der Waals surface area (Å²) in [6, 6.07) is 11.4. The van der Waals surface area contributed by atoms with Gasteiger partial charge in [0.2, 0.25) is 11.7 Å². The van der Waals surface area contributed by atoms with Gasteiger partial charge in [-0.3, -0.25) is 9.78 Å². The predicted octanol–water partition coefficient (Wildman–Crippen LogP) is 3.20. The Kier molecular flexibility index (Phi) is 4.92. The lowest BCUT2D eigenvalue weighted by Crippen LogP contribution is -2.17. The van der Waals surface area contributed by atoms with Gasteiger partial charge in [0.05, 0.1) is 6.33 Å². The van der Waals surface area contributed by atoms with Crippen molar-refractivity contribution >= 4 is 11.6 Å². The lowest BCUT2D eigenvalue weighted by Gasteiger charge is -2.06. The molecule has 0 fully saturated rings. The van der Waals surface area contributed by atoms with Crippen molar-refractivity contribution in [2.24, 2.45) is 0 Å². The number of carbonyl (C=O) groups excluding carboxylic acids is 1. The lowest BCUT2D eigenvalue weighted by molar-refractivity contribution is -0.116. The van der Waals surface area contributed by atoms with Crippen LogP contribution >= 0.6 is 0 Å². The van der Waals surface area contributed by atoms with Crippen LogP contribution in [0.2, 0.25) is 0 Å². The molecule has 8 nitrogen and oxygen atoms in total. The minimum absolute atomic E-state index is 0.137. The molecule has 0 atom stereocenters. The Labute approximate surface area is 161 Å². The summed E-state index contributed by atoms with van der Waals surface area (Å²) in [5.74, 6) is 0.611. The van der Waals surface area contributed by atoms with E-state index < -0.39 is 0 Å². The number of nitrogens with zero attached hydrogens (tertiary/aromatic N) is 5. The fourth-order valence-electron chi connectivity index (χ4n) is 2.69. The van der Waals surface area contributed by atoms with Gasteiger partial charge < -0.3 is 14.4 Å². The van der Waals surface area contributed by atoms with Crippen molar-refractivity contribution in [3.63, 3.8) is 0 Å². The van der Waals surface area contributed by atoms with E-state index in [1.165, 1.54) is 5.56 Å². The Morgan fingerprint density at radius 3 is 2.68 bits per heavy atom. The number of nitrogens with one attached hydrogen (secondary N) is 1. The standard InChI is InChI=1S/C20H18N6O2/c1-2-14-3-5-16(6-4-14)23-18(27)12-26-11-17(22-13-26)19-24-20(28-25-19)15-7-9-21-10-8-15/h3-11,13H,2,12H2,1H3,(H,23,27). The Balaban J connectivity index is 1.41. The number of rotatable bonds is 6. The van der Waals surface area contributed by atoms with E-state index in [-0.39, 0.29) is 12.5 Å². The average molecular weight is 374 g/mol. The van der Waals surface area contributed by atoms with E-state index in [0.29, 0.717) is 17.4 Å². The number of anilines is 1. The van der Waals surface area contributed by atoms with E-state index in [9.17, 15) is 4.79 Å². The van der Waals surface area contributed by atoms with Gasteiger partial charge in [-0.05, 0) is 36.2 Å². The first kappa shape index (κ1) is 17.6. The van der Waals surface area contributed by atoms with Crippen molar-refractivity contribution < 1.29 is 9.32 Å². The zero-order valence-electron chi connectivity index (χ0n) is 15.2. The Hall–Kier alpha value is -3.81. The molecule has 3 heterocycles. The van der Waals surface area contributed by atoms with Crippen LogP contribution in [0.1, 0.15) is 12.5 Å². The summed E-state index contributed by atoms with van der Waals surface area (Å²) >= 11 is 0. The van der Waals surface area contributed by atoms with Crippen LogP contribution in [0.15, 0.2) is 65.8 Å². The predicted molar refractivity (Wildman–Crippen MR) is 103 cm³/mol. The molecule has 28 heavy (non-hydrogen) atoms. The highest BCUT2D eigenvalue weighted by molar-refractivity contribution is 5.90. The fourth-order valence-corrected chi connectivity index (χ4v) is 2.69. The van der Waals surface area contributed by atoms with E-state index >= 15 is 0 Å². The van der Waals surface area contributed by atoms with Gasteiger partial charge in [0.25, 0.3) is 5.89 Å². The van der Waals surface area contributed by atoms with E-state index in [1.807, 2.05) is 24.3 Å². The molecular formula is C20H18N6O2. The van der Waals surface area contributed by atoms with Crippen LogP contribution in [-0.4, -0.2) is 30.6 Å². The highest BCUT2D eigenvalue weighted by Gasteiger charge is 2.13. The summed E-state index contributed by atoms with van der Waals surface area (Å²) in [6.45, 7) is 2.23. The Bertz CT molecular complexity index is 1070. The SMILES string of the molecule is CCc1ccc(NC(=O)Cn2cnc(-c3noc(-c4ccncc4)n3)c2)cc1. The number of hydrogen-bond donors (Lipinski definition) is 1. The summed E-state index contributed by atoms with van der Waals surface area (Å²) in [7, 11) is 0. The molecule has 1 aromatic carbocycles. The fraction of sp³-hybridized carbons (Fsp3) is 0.150. The maximum Gasteiger partial charge on any atom is 0.258 e. The van der Waals surface area contributed by atoms with Crippen LogP contribution in [0.4, 0.5) is 5.69 Å². The number of benzene rings is 1. The molecule has 3 aromatic heterocycles. The molecular weight excluding hydrogens is 356 g/mol. The van der Waals surface area contributed by atoms with E-state index in [2.05, 4.69) is 32.3 Å². The van der Waals surface area contributed by atoms with E-state index in [0.717, 1.165) is 17.7 Å². The summed E-state index contributed by atoms with van der Waals surface area (Å²) < 4.78 is 6.95. The molecule has 0 saturated heterocycles. The lowest BCUT2D eigenvalue weighted by atomic mass is 10.1. The summed E-state index contributed by atoms with van der Waals surface area (Å²) in [5.41, 5.74) is 3.30. The second-order valence-corrected chi connectivity index (χ2v) is 6.19. The summed E-state index contributed by atoms with van der Waals surface area (Å²) in [6.07, 6.45) is 7.55. The van der Waals surface area contributed by atoms with Gasteiger partial charge in [-0.2, -0.15) is 4.98 Å². The van der Waals surface area contributed by atoms with Gasteiger partial charge in [0, 0.05) is 29.8 Å². The Morgan fingerprint density at radius 2 is 1.93 bits per heavy atom. The first-order valence-corrected chi connectivity index (χ1v) is 8.86. The molecule has 0 saturated carbocycles. The third kappa shape index (κ3) is 3.96. The smallest absolute Gasteiger partial charge is 0.258 e.